The average Bonchev–Trinajstić information content (AvgIpc) is 3.40. The summed E-state index contributed by atoms with van der Waals surface area (Å²) in [6.07, 6.45) is 8.22. The van der Waals surface area contributed by atoms with E-state index in [9.17, 15) is 14.7 Å². The number of aromatic carboxylic acids is 1. The Morgan fingerprint density at radius 1 is 1.07 bits per heavy atom. The number of carbonyl (C=O) groups is 2. The van der Waals surface area contributed by atoms with E-state index in [2.05, 4.69) is 24.9 Å². The minimum absolute atomic E-state index is 0.175. The third-order valence-electron chi connectivity index (χ3n) is 6.62. The second-order valence-electron chi connectivity index (χ2n) is 8.45. The molecule has 0 spiro atoms. The SMILES string of the molecule is O=C(O)c1[nH]ncc1CN1CCC(N2CCC[C@@H](C(=O)N3CCCC3)C2)CC1. The van der Waals surface area contributed by atoms with Crippen molar-refractivity contribution in [3.63, 3.8) is 0 Å². The molecule has 3 aliphatic heterocycles. The summed E-state index contributed by atoms with van der Waals surface area (Å²) in [4.78, 5) is 30.9. The molecule has 28 heavy (non-hydrogen) atoms. The predicted molar refractivity (Wildman–Crippen MR) is 104 cm³/mol. The van der Waals surface area contributed by atoms with Gasteiger partial charge in [0.25, 0.3) is 0 Å². The average molecular weight is 390 g/mol. The number of piperidine rings is 2. The maximum absolute atomic E-state index is 12.8. The van der Waals surface area contributed by atoms with Crippen molar-refractivity contribution in [3.8, 4) is 0 Å². The molecule has 3 aliphatic rings. The lowest BCUT2D eigenvalue weighted by Gasteiger charge is -2.42. The van der Waals surface area contributed by atoms with Crippen LogP contribution in [-0.2, 0) is 11.3 Å². The van der Waals surface area contributed by atoms with Crippen molar-refractivity contribution in [3.05, 3.63) is 17.5 Å². The van der Waals surface area contributed by atoms with Gasteiger partial charge in [-0.25, -0.2) is 4.79 Å². The number of carbonyl (C=O) groups excluding carboxylic acids is 1. The van der Waals surface area contributed by atoms with Gasteiger partial charge in [-0.3, -0.25) is 19.7 Å². The Labute approximate surface area is 165 Å². The van der Waals surface area contributed by atoms with Gasteiger partial charge in [0.15, 0.2) is 0 Å². The first-order valence-electron chi connectivity index (χ1n) is 10.6. The molecule has 4 heterocycles. The molecular weight excluding hydrogens is 358 g/mol. The lowest BCUT2D eigenvalue weighted by Crippen LogP contribution is -2.51. The topological polar surface area (TPSA) is 92.8 Å². The number of nitrogens with zero attached hydrogens (tertiary/aromatic N) is 4. The fraction of sp³-hybridized carbons (Fsp3) is 0.750. The van der Waals surface area contributed by atoms with Crippen molar-refractivity contribution in [1.82, 2.24) is 24.9 Å². The molecule has 3 fully saturated rings. The molecule has 0 aromatic carbocycles. The minimum atomic E-state index is -0.954. The number of aromatic amines is 1. The predicted octanol–water partition coefficient (Wildman–Crippen LogP) is 1.41. The van der Waals surface area contributed by atoms with Crippen LogP contribution < -0.4 is 0 Å². The number of nitrogens with one attached hydrogen (secondary N) is 1. The summed E-state index contributed by atoms with van der Waals surface area (Å²) >= 11 is 0. The monoisotopic (exact) mass is 389 g/mol. The van der Waals surface area contributed by atoms with E-state index in [1.165, 1.54) is 0 Å². The van der Waals surface area contributed by atoms with Crippen molar-refractivity contribution >= 4 is 11.9 Å². The number of H-pyrrole nitrogens is 1. The standard InChI is InChI=1S/C20H31N5O3/c26-19(24-7-1-2-8-24)15-4-3-9-25(14-15)17-5-10-23(11-6-17)13-16-12-21-22-18(16)20(27)28/h12,15,17H,1-11,13-14H2,(H,21,22)(H,27,28)/t15-/m1/s1. The van der Waals surface area contributed by atoms with Gasteiger partial charge in [0.05, 0.1) is 12.1 Å². The summed E-state index contributed by atoms with van der Waals surface area (Å²) in [5.74, 6) is -0.404. The summed E-state index contributed by atoms with van der Waals surface area (Å²) in [6.45, 7) is 6.43. The van der Waals surface area contributed by atoms with E-state index in [0.717, 1.165) is 83.4 Å². The Morgan fingerprint density at radius 3 is 2.54 bits per heavy atom. The van der Waals surface area contributed by atoms with Gasteiger partial charge in [0.2, 0.25) is 5.91 Å². The molecule has 0 bridgehead atoms. The molecule has 2 N–H and O–H groups in total. The zero-order valence-corrected chi connectivity index (χ0v) is 16.5. The molecule has 1 atom stereocenters. The quantitative estimate of drug-likeness (QED) is 0.791. The molecule has 0 unspecified atom stereocenters. The Morgan fingerprint density at radius 2 is 1.82 bits per heavy atom. The molecule has 0 radical (unpaired) electrons. The Balaban J connectivity index is 1.28. The van der Waals surface area contributed by atoms with E-state index in [1.807, 2.05) is 0 Å². The van der Waals surface area contributed by atoms with Gasteiger partial charge < -0.3 is 10.0 Å². The van der Waals surface area contributed by atoms with Gasteiger partial charge in [-0.05, 0) is 58.2 Å². The van der Waals surface area contributed by atoms with E-state index in [4.69, 9.17) is 0 Å². The molecule has 1 aromatic heterocycles. The summed E-state index contributed by atoms with van der Waals surface area (Å²) in [7, 11) is 0. The van der Waals surface area contributed by atoms with Crippen LogP contribution in [0.15, 0.2) is 6.20 Å². The normalized spacial score (nSPS) is 25.3. The highest BCUT2D eigenvalue weighted by atomic mass is 16.4. The number of likely N-dealkylation sites (tertiary alicyclic amines) is 3. The fourth-order valence-corrected chi connectivity index (χ4v) is 5.04. The van der Waals surface area contributed by atoms with Crippen LogP contribution in [-0.4, -0.2) is 87.2 Å². The molecular formula is C20H31N5O3. The van der Waals surface area contributed by atoms with Gasteiger partial charge in [0, 0.05) is 37.8 Å². The zero-order chi connectivity index (χ0) is 19.5. The summed E-state index contributed by atoms with van der Waals surface area (Å²) in [5.41, 5.74) is 0.946. The molecule has 0 saturated carbocycles. The minimum Gasteiger partial charge on any atom is -0.477 e. The Hall–Kier alpha value is -1.93. The number of aromatic nitrogens is 2. The van der Waals surface area contributed by atoms with Crippen LogP contribution >= 0.6 is 0 Å². The summed E-state index contributed by atoms with van der Waals surface area (Å²) < 4.78 is 0. The van der Waals surface area contributed by atoms with Crippen LogP contribution in [0, 0.1) is 5.92 Å². The molecule has 8 heteroatoms. The van der Waals surface area contributed by atoms with Gasteiger partial charge >= 0.3 is 5.97 Å². The maximum atomic E-state index is 12.8. The Bertz CT molecular complexity index is 692. The molecule has 4 rings (SSSR count). The lowest BCUT2D eigenvalue weighted by molar-refractivity contribution is -0.136. The van der Waals surface area contributed by atoms with E-state index in [1.54, 1.807) is 6.20 Å². The van der Waals surface area contributed by atoms with E-state index in [0.29, 0.717) is 18.5 Å². The maximum Gasteiger partial charge on any atom is 0.354 e. The van der Waals surface area contributed by atoms with Crippen molar-refractivity contribution in [2.75, 3.05) is 39.3 Å². The van der Waals surface area contributed by atoms with E-state index in [-0.39, 0.29) is 11.6 Å². The van der Waals surface area contributed by atoms with Crippen LogP contribution in [0.5, 0.6) is 0 Å². The molecule has 8 nitrogen and oxygen atoms in total. The molecule has 154 valence electrons. The largest absolute Gasteiger partial charge is 0.477 e. The Kier molecular flexibility index (Phi) is 5.96. The summed E-state index contributed by atoms with van der Waals surface area (Å²) in [6, 6.07) is 0.536. The first-order chi connectivity index (χ1) is 13.6. The lowest BCUT2D eigenvalue weighted by atomic mass is 9.93. The number of hydrogen-bond donors (Lipinski definition) is 2. The molecule has 3 saturated heterocycles. The number of carboxylic acids is 1. The number of hydrogen-bond acceptors (Lipinski definition) is 5. The third-order valence-corrected chi connectivity index (χ3v) is 6.62. The van der Waals surface area contributed by atoms with Gasteiger partial charge in [-0.15, -0.1) is 0 Å². The third kappa shape index (κ3) is 4.22. The second-order valence-corrected chi connectivity index (χ2v) is 8.45. The fourth-order valence-electron chi connectivity index (χ4n) is 5.04. The molecule has 0 aliphatic carbocycles. The highest BCUT2D eigenvalue weighted by Gasteiger charge is 2.34. The van der Waals surface area contributed by atoms with Gasteiger partial charge in [-0.2, -0.15) is 5.10 Å². The first-order valence-corrected chi connectivity index (χ1v) is 10.6. The number of amides is 1. The smallest absolute Gasteiger partial charge is 0.354 e. The van der Waals surface area contributed by atoms with Crippen LogP contribution in [0.3, 0.4) is 0 Å². The molecule has 1 amide bonds. The second kappa shape index (κ2) is 8.61. The van der Waals surface area contributed by atoms with E-state index >= 15 is 0 Å². The van der Waals surface area contributed by atoms with Crippen molar-refractivity contribution in [2.24, 2.45) is 5.92 Å². The van der Waals surface area contributed by atoms with Crippen LogP contribution in [0.4, 0.5) is 0 Å². The van der Waals surface area contributed by atoms with Gasteiger partial charge in [0.1, 0.15) is 5.69 Å². The first kappa shape index (κ1) is 19.4. The van der Waals surface area contributed by atoms with E-state index < -0.39 is 5.97 Å². The van der Waals surface area contributed by atoms with Crippen molar-refractivity contribution < 1.29 is 14.7 Å². The van der Waals surface area contributed by atoms with Crippen LogP contribution in [0.2, 0.25) is 0 Å². The van der Waals surface area contributed by atoms with Crippen LogP contribution in [0.1, 0.15) is 54.6 Å². The highest BCUT2D eigenvalue weighted by Crippen LogP contribution is 2.26. The summed E-state index contributed by atoms with van der Waals surface area (Å²) in [5, 5.41) is 15.7. The highest BCUT2D eigenvalue weighted by molar-refractivity contribution is 5.86. The molecule has 1 aromatic rings. The van der Waals surface area contributed by atoms with Crippen molar-refractivity contribution in [2.45, 2.75) is 51.1 Å². The number of carboxylic acid groups (broad SMARTS) is 1. The number of rotatable bonds is 5. The van der Waals surface area contributed by atoms with Crippen molar-refractivity contribution in [1.29, 1.82) is 0 Å². The van der Waals surface area contributed by atoms with Crippen LogP contribution in [0.25, 0.3) is 0 Å². The zero-order valence-electron chi connectivity index (χ0n) is 16.5. The van der Waals surface area contributed by atoms with Gasteiger partial charge in [-0.1, -0.05) is 0 Å².